The first-order valence-electron chi connectivity index (χ1n) is 3.87. The maximum absolute atomic E-state index is 11.6. The molecule has 80 valence electrons. The smallest absolute Gasteiger partial charge is 0.370 e. The highest BCUT2D eigenvalue weighted by molar-refractivity contribution is 7.71. The fraction of sp³-hybridized carbons (Fsp3) is 0.571. The van der Waals surface area contributed by atoms with Gasteiger partial charge in [-0.25, -0.2) is 0 Å². The fourth-order valence-electron chi connectivity index (χ4n) is 0.876. The van der Waals surface area contributed by atoms with Crippen LogP contribution in [0.2, 0.25) is 0 Å². The van der Waals surface area contributed by atoms with Crippen molar-refractivity contribution in [3.8, 4) is 0 Å². The van der Waals surface area contributed by atoms with E-state index in [1.165, 1.54) is 0 Å². The van der Waals surface area contributed by atoms with Crippen molar-refractivity contribution in [2.24, 2.45) is 0 Å². The first-order valence-corrected chi connectivity index (χ1v) is 4.28. The van der Waals surface area contributed by atoms with Gasteiger partial charge in [0.05, 0.1) is 6.61 Å². The maximum atomic E-state index is 11.6. The third-order valence-corrected chi connectivity index (χ3v) is 1.82. The Hall–Kier alpha value is -0.820. The highest BCUT2D eigenvalue weighted by Gasteiger charge is 2.27. The first-order chi connectivity index (χ1) is 6.49. The van der Waals surface area contributed by atoms with Gasteiger partial charge in [0.15, 0.2) is 4.77 Å². The Balaban J connectivity index is 2.23. The lowest BCUT2D eigenvalue weighted by Crippen LogP contribution is -2.18. The van der Waals surface area contributed by atoms with Gasteiger partial charge in [0.25, 0.3) is 0 Å². The Labute approximate surface area is 83.5 Å². The van der Waals surface area contributed by atoms with Crippen LogP contribution in [0.5, 0.6) is 0 Å². The molecule has 1 heterocycles. The summed E-state index contributed by atoms with van der Waals surface area (Å²) < 4.78 is 41.4. The van der Waals surface area contributed by atoms with E-state index in [4.69, 9.17) is 12.2 Å². The van der Waals surface area contributed by atoms with Gasteiger partial charge in [0, 0.05) is 18.9 Å². The number of imidazole rings is 1. The number of aromatic amines is 1. The molecule has 0 radical (unpaired) electrons. The van der Waals surface area contributed by atoms with Crippen molar-refractivity contribution in [3.05, 3.63) is 17.2 Å². The monoisotopic (exact) mass is 226 g/mol. The second-order valence-corrected chi connectivity index (χ2v) is 3.01. The molecule has 1 aromatic heterocycles. The van der Waals surface area contributed by atoms with Crippen LogP contribution in [0, 0.1) is 4.77 Å². The highest BCUT2D eigenvalue weighted by atomic mass is 32.1. The van der Waals surface area contributed by atoms with Crippen molar-refractivity contribution < 1.29 is 17.9 Å². The summed E-state index contributed by atoms with van der Waals surface area (Å²) in [7, 11) is 0. The fourth-order valence-corrected chi connectivity index (χ4v) is 1.10. The quantitative estimate of drug-likeness (QED) is 0.629. The Morgan fingerprint density at radius 1 is 1.50 bits per heavy atom. The third kappa shape index (κ3) is 3.93. The van der Waals surface area contributed by atoms with Crippen LogP contribution >= 0.6 is 12.2 Å². The van der Waals surface area contributed by atoms with Crippen LogP contribution in [0.4, 0.5) is 13.2 Å². The van der Waals surface area contributed by atoms with Crippen molar-refractivity contribution in [1.29, 1.82) is 0 Å². The molecule has 1 rings (SSSR count). The van der Waals surface area contributed by atoms with E-state index in [1.807, 2.05) is 0 Å². The van der Waals surface area contributed by atoms with Crippen molar-refractivity contribution >= 4 is 12.2 Å². The van der Waals surface area contributed by atoms with Gasteiger partial charge in [0.2, 0.25) is 0 Å². The van der Waals surface area contributed by atoms with Gasteiger partial charge >= 0.3 is 6.18 Å². The van der Waals surface area contributed by atoms with Gasteiger partial charge in [-0.2, -0.15) is 13.2 Å². The van der Waals surface area contributed by atoms with Gasteiger partial charge in [-0.15, -0.1) is 0 Å². The molecule has 14 heavy (non-hydrogen) atoms. The molecule has 0 aliphatic heterocycles. The Morgan fingerprint density at radius 3 is 2.71 bits per heavy atom. The van der Waals surface area contributed by atoms with E-state index in [-0.39, 0.29) is 6.61 Å². The molecule has 1 N–H and O–H groups in total. The molecule has 7 heteroatoms. The molecule has 0 saturated heterocycles. The summed E-state index contributed by atoms with van der Waals surface area (Å²) in [6.45, 7) is -0.908. The third-order valence-electron chi connectivity index (χ3n) is 1.46. The lowest BCUT2D eigenvalue weighted by molar-refractivity contribution is -0.174. The summed E-state index contributed by atoms with van der Waals surface area (Å²) in [5.41, 5.74) is 0. The number of rotatable bonds is 4. The van der Waals surface area contributed by atoms with E-state index < -0.39 is 12.8 Å². The number of halogens is 3. The lowest BCUT2D eigenvalue weighted by Gasteiger charge is -2.07. The van der Waals surface area contributed by atoms with Crippen LogP contribution in [0.25, 0.3) is 0 Å². The van der Waals surface area contributed by atoms with Crippen LogP contribution in [0.1, 0.15) is 0 Å². The summed E-state index contributed by atoms with van der Waals surface area (Å²) in [5.74, 6) is 0. The predicted molar refractivity (Wildman–Crippen MR) is 46.5 cm³/mol. The number of ether oxygens (including phenoxy) is 1. The predicted octanol–water partition coefficient (Wildman–Crippen LogP) is 2.12. The largest absolute Gasteiger partial charge is 0.411 e. The molecule has 0 bridgehead atoms. The first kappa shape index (κ1) is 11.3. The standard InChI is InChI=1S/C7H9F3N2OS/c8-7(9,10)5-13-4-3-12-2-1-11-6(12)14/h1-2H,3-5H2,(H,11,14). The minimum Gasteiger partial charge on any atom is -0.370 e. The minimum absolute atomic E-state index is 0.00826. The number of hydrogen-bond donors (Lipinski definition) is 1. The molecular formula is C7H9F3N2OS. The molecule has 0 atom stereocenters. The summed E-state index contributed by atoms with van der Waals surface area (Å²) >= 11 is 4.84. The molecule has 1 aromatic rings. The Bertz CT molecular complexity index is 330. The molecule has 0 aliphatic rings. The number of nitrogens with one attached hydrogen (secondary N) is 1. The lowest BCUT2D eigenvalue weighted by atomic mass is 10.6. The van der Waals surface area contributed by atoms with Crippen LogP contribution < -0.4 is 0 Å². The Morgan fingerprint density at radius 2 is 2.21 bits per heavy atom. The zero-order valence-electron chi connectivity index (χ0n) is 7.17. The summed E-state index contributed by atoms with van der Waals surface area (Å²) in [4.78, 5) is 2.73. The molecule has 0 aliphatic carbocycles. The summed E-state index contributed by atoms with van der Waals surface area (Å²) in [6.07, 6.45) is -0.995. The van der Waals surface area contributed by atoms with Gasteiger partial charge in [-0.05, 0) is 12.2 Å². The van der Waals surface area contributed by atoms with E-state index in [0.29, 0.717) is 11.3 Å². The van der Waals surface area contributed by atoms with E-state index in [0.717, 1.165) is 0 Å². The van der Waals surface area contributed by atoms with Gasteiger partial charge in [-0.3, -0.25) is 0 Å². The molecule has 0 fully saturated rings. The molecule has 0 aromatic carbocycles. The molecular weight excluding hydrogens is 217 g/mol. The van der Waals surface area contributed by atoms with Crippen molar-refractivity contribution in [1.82, 2.24) is 9.55 Å². The van der Waals surface area contributed by atoms with Crippen molar-refractivity contribution in [2.45, 2.75) is 12.7 Å². The molecule has 3 nitrogen and oxygen atoms in total. The number of H-pyrrole nitrogens is 1. The summed E-state index contributed by atoms with van der Waals surface area (Å²) in [5, 5.41) is 0. The van der Waals surface area contributed by atoms with Crippen LogP contribution in [0.3, 0.4) is 0 Å². The van der Waals surface area contributed by atoms with Crippen LogP contribution in [-0.2, 0) is 11.3 Å². The highest BCUT2D eigenvalue weighted by Crippen LogP contribution is 2.14. The summed E-state index contributed by atoms with van der Waals surface area (Å²) in [6, 6.07) is 0. The van der Waals surface area contributed by atoms with Gasteiger partial charge < -0.3 is 14.3 Å². The SMILES string of the molecule is FC(F)(F)COCCn1cc[nH]c1=S. The number of hydrogen-bond acceptors (Lipinski definition) is 2. The van der Waals surface area contributed by atoms with Crippen molar-refractivity contribution in [2.75, 3.05) is 13.2 Å². The Kier molecular flexibility index (Phi) is 3.70. The average molecular weight is 226 g/mol. The molecule has 0 spiro atoms. The van der Waals surface area contributed by atoms with Crippen molar-refractivity contribution in [3.63, 3.8) is 0 Å². The molecule has 0 unspecified atom stereocenters. The number of nitrogens with zero attached hydrogens (tertiary/aromatic N) is 1. The average Bonchev–Trinajstić information content (AvgIpc) is 2.44. The van der Waals surface area contributed by atoms with E-state index in [1.54, 1.807) is 17.0 Å². The molecule has 0 amide bonds. The minimum atomic E-state index is -4.26. The van der Waals surface area contributed by atoms with Crippen LogP contribution in [0.15, 0.2) is 12.4 Å². The number of aromatic nitrogens is 2. The topological polar surface area (TPSA) is 29.9 Å². The molecule has 0 saturated carbocycles. The maximum Gasteiger partial charge on any atom is 0.411 e. The second kappa shape index (κ2) is 4.61. The van der Waals surface area contributed by atoms with E-state index in [2.05, 4.69) is 9.72 Å². The zero-order valence-corrected chi connectivity index (χ0v) is 7.99. The van der Waals surface area contributed by atoms with E-state index >= 15 is 0 Å². The van der Waals surface area contributed by atoms with Gasteiger partial charge in [0.1, 0.15) is 6.61 Å². The van der Waals surface area contributed by atoms with Crippen LogP contribution in [-0.4, -0.2) is 28.9 Å². The number of alkyl halides is 3. The zero-order chi connectivity index (χ0) is 10.6. The van der Waals surface area contributed by atoms with Gasteiger partial charge in [-0.1, -0.05) is 0 Å². The second-order valence-electron chi connectivity index (χ2n) is 2.63. The normalized spacial score (nSPS) is 11.9. The van der Waals surface area contributed by atoms with E-state index in [9.17, 15) is 13.2 Å².